The highest BCUT2D eigenvalue weighted by Crippen LogP contribution is 2.19. The highest BCUT2D eigenvalue weighted by Gasteiger charge is 2.25. The molecule has 1 aromatic rings. The number of nitrogens with zero attached hydrogens (tertiary/aromatic N) is 1. The van der Waals surface area contributed by atoms with Crippen LogP contribution < -0.4 is 5.46 Å². The molecular weight excluding hydrogens is 225 g/mol. The molecule has 1 heterocycles. The van der Waals surface area contributed by atoms with Gasteiger partial charge in [-0.15, -0.1) is 0 Å². The molecule has 1 saturated heterocycles. The lowest BCUT2D eigenvalue weighted by Crippen LogP contribution is -2.39. The summed E-state index contributed by atoms with van der Waals surface area (Å²) in [5, 5.41) is 0. The van der Waals surface area contributed by atoms with Gasteiger partial charge in [0.2, 0.25) is 0 Å². The van der Waals surface area contributed by atoms with Crippen molar-refractivity contribution >= 4 is 25.0 Å². The van der Waals surface area contributed by atoms with Crippen molar-refractivity contribution in [3.05, 3.63) is 29.8 Å². The van der Waals surface area contributed by atoms with E-state index in [9.17, 15) is 9.59 Å². The fraction of sp³-hybridized carbons (Fsp3) is 0.429. The third kappa shape index (κ3) is 2.81. The van der Waals surface area contributed by atoms with Crippen LogP contribution in [-0.4, -0.2) is 37.5 Å². The standard InChI is InChI=1S/C14H16BNO2/c1-10(17)11-6-8-16(9-7-11)14(18)12-2-4-13(15)5-3-12/h2-5,11H,6-9H2,1H3. The number of rotatable bonds is 2. The largest absolute Gasteiger partial charge is 0.339 e. The lowest BCUT2D eigenvalue weighted by atomic mass is 9.92. The molecule has 3 nitrogen and oxygen atoms in total. The SMILES string of the molecule is [B]c1ccc(C(=O)N2CCC(C(C)=O)CC2)cc1. The Bertz CT molecular complexity index is 447. The summed E-state index contributed by atoms with van der Waals surface area (Å²) in [5.74, 6) is 0.382. The fourth-order valence-electron chi connectivity index (χ4n) is 2.30. The van der Waals surface area contributed by atoms with Crippen LogP contribution >= 0.6 is 0 Å². The second-order valence-electron chi connectivity index (χ2n) is 4.80. The van der Waals surface area contributed by atoms with E-state index in [2.05, 4.69) is 0 Å². The Kier molecular flexibility index (Phi) is 3.85. The molecule has 1 aliphatic rings. The summed E-state index contributed by atoms with van der Waals surface area (Å²) < 4.78 is 0. The van der Waals surface area contributed by atoms with E-state index in [-0.39, 0.29) is 17.6 Å². The van der Waals surface area contributed by atoms with Crippen molar-refractivity contribution in [1.82, 2.24) is 4.90 Å². The number of benzene rings is 1. The monoisotopic (exact) mass is 241 g/mol. The Morgan fingerprint density at radius 2 is 1.72 bits per heavy atom. The minimum Gasteiger partial charge on any atom is -0.339 e. The van der Waals surface area contributed by atoms with Crippen LogP contribution in [0, 0.1) is 5.92 Å². The zero-order chi connectivity index (χ0) is 13.1. The first-order chi connectivity index (χ1) is 8.58. The fourth-order valence-corrected chi connectivity index (χ4v) is 2.30. The number of amides is 1. The van der Waals surface area contributed by atoms with Crippen LogP contribution in [0.4, 0.5) is 0 Å². The Morgan fingerprint density at radius 3 is 2.22 bits per heavy atom. The first kappa shape index (κ1) is 12.9. The highest BCUT2D eigenvalue weighted by atomic mass is 16.2. The lowest BCUT2D eigenvalue weighted by molar-refractivity contribution is -0.121. The second kappa shape index (κ2) is 5.38. The average Bonchev–Trinajstić information content (AvgIpc) is 2.39. The molecule has 0 aliphatic carbocycles. The van der Waals surface area contributed by atoms with Gasteiger partial charge in [-0.05, 0) is 19.8 Å². The van der Waals surface area contributed by atoms with Crippen LogP contribution in [0.5, 0.6) is 0 Å². The molecule has 0 aromatic heterocycles. The molecule has 1 aromatic carbocycles. The topological polar surface area (TPSA) is 37.4 Å². The Hall–Kier alpha value is -1.58. The van der Waals surface area contributed by atoms with Crippen LogP contribution in [0.25, 0.3) is 0 Å². The zero-order valence-electron chi connectivity index (χ0n) is 10.6. The summed E-state index contributed by atoms with van der Waals surface area (Å²) in [6.07, 6.45) is 1.55. The van der Waals surface area contributed by atoms with Gasteiger partial charge < -0.3 is 4.90 Å². The molecule has 0 N–H and O–H groups in total. The highest BCUT2D eigenvalue weighted by molar-refractivity contribution is 6.32. The normalized spacial score (nSPS) is 16.6. The number of ketones is 1. The van der Waals surface area contributed by atoms with Gasteiger partial charge in [-0.2, -0.15) is 0 Å². The predicted molar refractivity (Wildman–Crippen MR) is 71.1 cm³/mol. The molecule has 1 fully saturated rings. The molecule has 0 atom stereocenters. The number of carbonyl (C=O) groups is 2. The predicted octanol–water partition coefficient (Wildman–Crippen LogP) is 0.922. The van der Waals surface area contributed by atoms with E-state index in [1.807, 2.05) is 4.90 Å². The minimum absolute atomic E-state index is 0.0250. The van der Waals surface area contributed by atoms with Gasteiger partial charge in [0.15, 0.2) is 0 Å². The van der Waals surface area contributed by atoms with Gasteiger partial charge in [-0.25, -0.2) is 0 Å². The van der Waals surface area contributed by atoms with Crippen LogP contribution in [0.2, 0.25) is 0 Å². The van der Waals surface area contributed by atoms with E-state index in [0.29, 0.717) is 24.1 Å². The summed E-state index contributed by atoms with van der Waals surface area (Å²) in [6.45, 7) is 2.95. The molecule has 2 rings (SSSR count). The third-order valence-electron chi connectivity index (χ3n) is 3.51. The van der Waals surface area contributed by atoms with Gasteiger partial charge in [0, 0.05) is 24.6 Å². The smallest absolute Gasteiger partial charge is 0.253 e. The van der Waals surface area contributed by atoms with Gasteiger partial charge in [-0.3, -0.25) is 9.59 Å². The molecule has 2 radical (unpaired) electrons. The van der Waals surface area contributed by atoms with Crippen LogP contribution in [-0.2, 0) is 4.79 Å². The maximum Gasteiger partial charge on any atom is 0.253 e. The summed E-state index contributed by atoms with van der Waals surface area (Å²) in [6, 6.07) is 6.95. The molecule has 0 unspecified atom stereocenters. The lowest BCUT2D eigenvalue weighted by Gasteiger charge is -2.30. The van der Waals surface area contributed by atoms with E-state index in [4.69, 9.17) is 7.85 Å². The summed E-state index contributed by atoms with van der Waals surface area (Å²) in [4.78, 5) is 25.3. The second-order valence-corrected chi connectivity index (χ2v) is 4.80. The van der Waals surface area contributed by atoms with Gasteiger partial charge in [0.05, 0.1) is 0 Å². The van der Waals surface area contributed by atoms with Gasteiger partial charge in [0.25, 0.3) is 5.91 Å². The maximum absolute atomic E-state index is 12.2. The Balaban J connectivity index is 1.99. The number of carbonyl (C=O) groups excluding carboxylic acids is 2. The van der Waals surface area contributed by atoms with E-state index < -0.39 is 0 Å². The number of Topliss-reactive ketones (excluding diaryl/α,β-unsaturated/α-hetero) is 1. The molecule has 0 saturated carbocycles. The minimum atomic E-state index is 0.0250. The Morgan fingerprint density at radius 1 is 1.17 bits per heavy atom. The van der Waals surface area contributed by atoms with Gasteiger partial charge >= 0.3 is 0 Å². The first-order valence-corrected chi connectivity index (χ1v) is 6.23. The van der Waals surface area contributed by atoms with E-state index >= 15 is 0 Å². The van der Waals surface area contributed by atoms with Crippen molar-refractivity contribution in [3.8, 4) is 0 Å². The third-order valence-corrected chi connectivity index (χ3v) is 3.51. The summed E-state index contributed by atoms with van der Waals surface area (Å²) in [7, 11) is 5.59. The van der Waals surface area contributed by atoms with Crippen LogP contribution in [0.1, 0.15) is 30.1 Å². The molecule has 92 valence electrons. The molecule has 0 bridgehead atoms. The molecule has 18 heavy (non-hydrogen) atoms. The van der Waals surface area contributed by atoms with E-state index in [0.717, 1.165) is 12.8 Å². The van der Waals surface area contributed by atoms with Gasteiger partial charge in [0.1, 0.15) is 13.6 Å². The molecule has 0 spiro atoms. The Labute approximate surface area is 109 Å². The molecular formula is C14H16BNO2. The summed E-state index contributed by atoms with van der Waals surface area (Å²) in [5.41, 5.74) is 1.31. The summed E-state index contributed by atoms with van der Waals surface area (Å²) >= 11 is 0. The van der Waals surface area contributed by atoms with Crippen LogP contribution in [0.3, 0.4) is 0 Å². The molecule has 1 amide bonds. The van der Waals surface area contributed by atoms with Crippen molar-refractivity contribution in [3.63, 3.8) is 0 Å². The number of hydrogen-bond donors (Lipinski definition) is 0. The van der Waals surface area contributed by atoms with Crippen molar-refractivity contribution in [2.45, 2.75) is 19.8 Å². The molecule has 1 aliphatic heterocycles. The van der Waals surface area contributed by atoms with Crippen molar-refractivity contribution < 1.29 is 9.59 Å². The first-order valence-electron chi connectivity index (χ1n) is 6.23. The quantitative estimate of drug-likeness (QED) is 0.722. The average molecular weight is 241 g/mol. The van der Waals surface area contributed by atoms with E-state index in [1.165, 1.54) is 0 Å². The van der Waals surface area contributed by atoms with Crippen molar-refractivity contribution in [2.24, 2.45) is 5.92 Å². The van der Waals surface area contributed by atoms with Crippen LogP contribution in [0.15, 0.2) is 24.3 Å². The zero-order valence-corrected chi connectivity index (χ0v) is 10.6. The van der Waals surface area contributed by atoms with Gasteiger partial charge in [-0.1, -0.05) is 29.7 Å². The van der Waals surface area contributed by atoms with E-state index in [1.54, 1.807) is 31.2 Å². The number of likely N-dealkylation sites (tertiary alicyclic amines) is 1. The number of piperidine rings is 1. The number of hydrogen-bond acceptors (Lipinski definition) is 2. The maximum atomic E-state index is 12.2. The van der Waals surface area contributed by atoms with Crippen molar-refractivity contribution in [1.29, 1.82) is 0 Å². The molecule has 4 heteroatoms. The van der Waals surface area contributed by atoms with Crippen molar-refractivity contribution in [2.75, 3.05) is 13.1 Å².